The molecule has 1 N–H and O–H groups in total. The van der Waals surface area contributed by atoms with Crippen molar-refractivity contribution in [2.24, 2.45) is 0 Å². The number of para-hydroxylation sites is 3. The fourth-order valence-corrected chi connectivity index (χ4v) is 2.76. The van der Waals surface area contributed by atoms with E-state index in [0.29, 0.717) is 6.54 Å². The Morgan fingerprint density at radius 3 is 2.45 bits per heavy atom. The molecule has 0 radical (unpaired) electrons. The Morgan fingerprint density at radius 2 is 1.68 bits per heavy atom. The van der Waals surface area contributed by atoms with Gasteiger partial charge in [0.25, 0.3) is 5.91 Å². The van der Waals surface area contributed by atoms with E-state index in [1.807, 2.05) is 53.4 Å². The summed E-state index contributed by atoms with van der Waals surface area (Å²) in [7, 11) is 4.10. The molecule has 0 aromatic heterocycles. The maximum Gasteiger partial charge on any atom is 0.260 e. The van der Waals surface area contributed by atoms with Crippen LogP contribution >= 0.6 is 0 Å². The van der Waals surface area contributed by atoms with Crippen LogP contribution in [0.25, 0.3) is 0 Å². The van der Waals surface area contributed by atoms with Crippen molar-refractivity contribution < 1.29 is 4.79 Å². The predicted molar refractivity (Wildman–Crippen MR) is 91.0 cm³/mol. The quantitative estimate of drug-likeness (QED) is 0.939. The molecule has 4 nitrogen and oxygen atoms in total. The summed E-state index contributed by atoms with van der Waals surface area (Å²) in [6.45, 7) is 1.67. The number of nitrogens with one attached hydrogen (secondary N) is 1. The zero-order valence-corrected chi connectivity index (χ0v) is 13.0. The number of benzene rings is 2. The van der Waals surface area contributed by atoms with E-state index in [1.165, 1.54) is 0 Å². The van der Waals surface area contributed by atoms with E-state index in [4.69, 9.17) is 0 Å². The van der Waals surface area contributed by atoms with Crippen molar-refractivity contribution in [3.05, 3.63) is 54.1 Å². The molecule has 1 aliphatic rings. The molecule has 0 saturated heterocycles. The van der Waals surface area contributed by atoms with E-state index < -0.39 is 0 Å². The van der Waals surface area contributed by atoms with Gasteiger partial charge in [-0.2, -0.15) is 0 Å². The Morgan fingerprint density at radius 1 is 1.00 bits per heavy atom. The normalized spacial score (nSPS) is 13.4. The molecule has 1 heterocycles. The van der Waals surface area contributed by atoms with Crippen molar-refractivity contribution in [1.29, 1.82) is 0 Å². The summed E-state index contributed by atoms with van der Waals surface area (Å²) in [6, 6.07) is 15.7. The van der Waals surface area contributed by atoms with Gasteiger partial charge < -0.3 is 15.1 Å². The maximum absolute atomic E-state index is 12.9. The van der Waals surface area contributed by atoms with E-state index in [0.717, 1.165) is 35.6 Å². The SMILES string of the molecule is CN(C)CCCN1C(=O)c2ccccc2Nc2ccccc21. The predicted octanol–water partition coefficient (Wildman–Crippen LogP) is 3.34. The minimum atomic E-state index is 0.0619. The molecule has 0 atom stereocenters. The Balaban J connectivity index is 1.98. The average molecular weight is 295 g/mol. The molecule has 22 heavy (non-hydrogen) atoms. The first-order valence-electron chi connectivity index (χ1n) is 7.58. The maximum atomic E-state index is 12.9. The molecule has 2 aromatic carbocycles. The van der Waals surface area contributed by atoms with Gasteiger partial charge >= 0.3 is 0 Å². The fraction of sp³-hybridized carbons (Fsp3) is 0.278. The number of rotatable bonds is 4. The van der Waals surface area contributed by atoms with Crippen LogP contribution in [0.4, 0.5) is 17.1 Å². The highest BCUT2D eigenvalue weighted by molar-refractivity contribution is 6.13. The molecule has 4 heteroatoms. The Labute approximate surface area is 131 Å². The van der Waals surface area contributed by atoms with Crippen LogP contribution in [0.5, 0.6) is 0 Å². The fourth-order valence-electron chi connectivity index (χ4n) is 2.76. The number of nitrogens with zero attached hydrogens (tertiary/aromatic N) is 2. The second-order valence-electron chi connectivity index (χ2n) is 5.80. The summed E-state index contributed by atoms with van der Waals surface area (Å²) in [5.74, 6) is 0.0619. The molecule has 0 fully saturated rings. The van der Waals surface area contributed by atoms with Gasteiger partial charge in [0.05, 0.1) is 22.6 Å². The summed E-state index contributed by atoms with van der Waals surface area (Å²) < 4.78 is 0. The third-order valence-electron chi connectivity index (χ3n) is 3.85. The number of anilines is 3. The molecule has 0 aliphatic carbocycles. The average Bonchev–Trinajstić information content (AvgIpc) is 2.63. The van der Waals surface area contributed by atoms with Gasteiger partial charge in [0, 0.05) is 6.54 Å². The molecule has 0 unspecified atom stereocenters. The van der Waals surface area contributed by atoms with Crippen molar-refractivity contribution in [3.8, 4) is 0 Å². The van der Waals surface area contributed by atoms with E-state index in [-0.39, 0.29) is 5.91 Å². The number of hydrogen-bond donors (Lipinski definition) is 1. The highest BCUT2D eigenvalue weighted by atomic mass is 16.2. The number of carbonyl (C=O) groups excluding carboxylic acids is 1. The van der Waals surface area contributed by atoms with E-state index in [2.05, 4.69) is 24.3 Å². The summed E-state index contributed by atoms with van der Waals surface area (Å²) >= 11 is 0. The molecule has 3 rings (SSSR count). The van der Waals surface area contributed by atoms with E-state index in [9.17, 15) is 4.79 Å². The Bertz CT molecular complexity index is 682. The lowest BCUT2D eigenvalue weighted by Crippen LogP contribution is -2.32. The van der Waals surface area contributed by atoms with E-state index >= 15 is 0 Å². The molecular weight excluding hydrogens is 274 g/mol. The zero-order chi connectivity index (χ0) is 15.5. The minimum absolute atomic E-state index is 0.0619. The van der Waals surface area contributed by atoms with Crippen LogP contribution < -0.4 is 10.2 Å². The highest BCUT2D eigenvalue weighted by Gasteiger charge is 2.25. The summed E-state index contributed by atoms with van der Waals surface area (Å²) in [4.78, 5) is 17.0. The van der Waals surface area contributed by atoms with Gasteiger partial charge in [0.15, 0.2) is 0 Å². The third-order valence-corrected chi connectivity index (χ3v) is 3.85. The Kier molecular flexibility index (Phi) is 4.11. The minimum Gasteiger partial charge on any atom is -0.353 e. The van der Waals surface area contributed by atoms with Crippen molar-refractivity contribution >= 4 is 23.0 Å². The number of fused-ring (bicyclic) bond motifs is 2. The first-order chi connectivity index (χ1) is 10.7. The number of carbonyl (C=O) groups is 1. The molecule has 0 spiro atoms. The smallest absolute Gasteiger partial charge is 0.260 e. The van der Waals surface area contributed by atoms with Gasteiger partial charge in [0.2, 0.25) is 0 Å². The Hall–Kier alpha value is -2.33. The molecule has 0 saturated carbocycles. The van der Waals surface area contributed by atoms with Crippen LogP contribution in [0.3, 0.4) is 0 Å². The second kappa shape index (κ2) is 6.20. The second-order valence-corrected chi connectivity index (χ2v) is 5.80. The topological polar surface area (TPSA) is 35.6 Å². The van der Waals surface area contributed by atoms with Crippen molar-refractivity contribution in [1.82, 2.24) is 4.90 Å². The molecular formula is C18H21N3O. The molecule has 114 valence electrons. The largest absolute Gasteiger partial charge is 0.353 e. The van der Waals surface area contributed by atoms with Crippen LogP contribution in [0, 0.1) is 0 Å². The van der Waals surface area contributed by atoms with Crippen LogP contribution in [0.1, 0.15) is 16.8 Å². The standard InChI is InChI=1S/C18H21N3O/c1-20(2)12-7-13-21-17-11-6-5-10-16(17)19-15-9-4-3-8-14(15)18(21)22/h3-6,8-11,19H,7,12-13H2,1-2H3. The van der Waals surface area contributed by atoms with Gasteiger partial charge in [0.1, 0.15) is 0 Å². The summed E-state index contributed by atoms with van der Waals surface area (Å²) in [5, 5.41) is 3.39. The number of hydrogen-bond acceptors (Lipinski definition) is 3. The molecule has 1 aliphatic heterocycles. The molecule has 1 amide bonds. The van der Waals surface area contributed by atoms with Crippen molar-refractivity contribution in [2.45, 2.75) is 6.42 Å². The van der Waals surface area contributed by atoms with Crippen LogP contribution in [-0.4, -0.2) is 38.0 Å². The highest BCUT2D eigenvalue weighted by Crippen LogP contribution is 2.35. The van der Waals surface area contributed by atoms with Crippen LogP contribution in [0.2, 0.25) is 0 Å². The van der Waals surface area contributed by atoms with Crippen LogP contribution in [0.15, 0.2) is 48.5 Å². The summed E-state index contributed by atoms with van der Waals surface area (Å²) in [6.07, 6.45) is 0.940. The van der Waals surface area contributed by atoms with Gasteiger partial charge in [-0.05, 0) is 51.3 Å². The lowest BCUT2D eigenvalue weighted by atomic mass is 10.1. The first-order valence-corrected chi connectivity index (χ1v) is 7.58. The van der Waals surface area contributed by atoms with Gasteiger partial charge in [-0.3, -0.25) is 4.79 Å². The van der Waals surface area contributed by atoms with Gasteiger partial charge in [-0.25, -0.2) is 0 Å². The zero-order valence-electron chi connectivity index (χ0n) is 13.0. The lowest BCUT2D eigenvalue weighted by Gasteiger charge is -2.23. The van der Waals surface area contributed by atoms with Crippen molar-refractivity contribution in [3.63, 3.8) is 0 Å². The van der Waals surface area contributed by atoms with Crippen molar-refractivity contribution in [2.75, 3.05) is 37.4 Å². The lowest BCUT2D eigenvalue weighted by molar-refractivity contribution is 0.0987. The van der Waals surface area contributed by atoms with Crippen LogP contribution in [-0.2, 0) is 0 Å². The molecule has 2 aromatic rings. The molecule has 0 bridgehead atoms. The third kappa shape index (κ3) is 2.83. The van der Waals surface area contributed by atoms with Gasteiger partial charge in [-0.1, -0.05) is 24.3 Å². The van der Waals surface area contributed by atoms with E-state index in [1.54, 1.807) is 0 Å². The summed E-state index contributed by atoms with van der Waals surface area (Å²) in [5.41, 5.74) is 3.52. The number of amides is 1. The van der Waals surface area contributed by atoms with Gasteiger partial charge in [-0.15, -0.1) is 0 Å². The first kappa shape index (κ1) is 14.6. The monoisotopic (exact) mass is 295 g/mol.